The minimum atomic E-state index is -0.415. The molecule has 0 aliphatic carbocycles. The van der Waals surface area contributed by atoms with Gasteiger partial charge < -0.3 is 25.2 Å². The van der Waals surface area contributed by atoms with Crippen LogP contribution in [0.3, 0.4) is 0 Å². The van der Waals surface area contributed by atoms with E-state index in [1.807, 2.05) is 61.5 Å². The number of rotatable bonds is 7. The molecule has 0 radical (unpaired) electrons. The van der Waals surface area contributed by atoms with Crippen LogP contribution < -0.4 is 25.2 Å². The molecule has 9 heteroatoms. The molecule has 2 aromatic carbocycles. The van der Waals surface area contributed by atoms with Gasteiger partial charge in [-0.25, -0.2) is 0 Å². The molecule has 1 fully saturated rings. The molecule has 1 atom stereocenters. The van der Waals surface area contributed by atoms with Crippen molar-refractivity contribution in [1.82, 2.24) is 10.2 Å². The maximum Gasteiger partial charge on any atom is 0.229 e. The first-order valence-electron chi connectivity index (χ1n) is 10.6. The molecule has 170 valence electrons. The molecule has 0 spiro atoms. The monoisotopic (exact) mass is 446 g/mol. The Morgan fingerprint density at radius 1 is 1.09 bits per heavy atom. The summed E-state index contributed by atoms with van der Waals surface area (Å²) in [6.07, 6.45) is 1.87. The number of hydrogen-bond donors (Lipinski definition) is 2. The second kappa shape index (κ2) is 9.56. The maximum atomic E-state index is 12.8. The van der Waals surface area contributed by atoms with Crippen molar-refractivity contribution in [3.05, 3.63) is 60.8 Å². The SMILES string of the molecule is COc1ccc(N2CC(C(=O)Nc3ccc(Nc4cc(N(C)C)cnn4)cc3)CC2=O)cc1. The smallest absolute Gasteiger partial charge is 0.229 e. The summed E-state index contributed by atoms with van der Waals surface area (Å²) < 4.78 is 5.16. The number of nitrogens with zero attached hydrogens (tertiary/aromatic N) is 4. The van der Waals surface area contributed by atoms with E-state index >= 15 is 0 Å². The number of anilines is 5. The summed E-state index contributed by atoms with van der Waals surface area (Å²) in [6, 6.07) is 16.5. The second-order valence-electron chi connectivity index (χ2n) is 7.99. The van der Waals surface area contributed by atoms with Crippen LogP contribution in [0.25, 0.3) is 0 Å². The first kappa shape index (κ1) is 22.1. The van der Waals surface area contributed by atoms with Crippen LogP contribution in [0.5, 0.6) is 5.75 Å². The highest BCUT2D eigenvalue weighted by Gasteiger charge is 2.35. The molecule has 1 aliphatic rings. The molecule has 0 bridgehead atoms. The van der Waals surface area contributed by atoms with Gasteiger partial charge in [0.2, 0.25) is 11.8 Å². The fourth-order valence-electron chi connectivity index (χ4n) is 3.59. The molecule has 2 heterocycles. The third-order valence-corrected chi connectivity index (χ3v) is 5.46. The van der Waals surface area contributed by atoms with Gasteiger partial charge in [-0.2, -0.15) is 5.10 Å². The highest BCUT2D eigenvalue weighted by Crippen LogP contribution is 2.28. The summed E-state index contributed by atoms with van der Waals surface area (Å²) in [5.41, 5.74) is 3.17. The fourth-order valence-corrected chi connectivity index (χ4v) is 3.59. The molecule has 0 saturated carbocycles. The lowest BCUT2D eigenvalue weighted by molar-refractivity contribution is -0.122. The third kappa shape index (κ3) is 5.20. The van der Waals surface area contributed by atoms with Gasteiger partial charge in [0.15, 0.2) is 5.82 Å². The van der Waals surface area contributed by atoms with Crippen LogP contribution in [0, 0.1) is 5.92 Å². The van der Waals surface area contributed by atoms with Gasteiger partial charge in [0.25, 0.3) is 0 Å². The molecular formula is C24H26N6O3. The average molecular weight is 447 g/mol. The van der Waals surface area contributed by atoms with Crippen LogP contribution >= 0.6 is 0 Å². The van der Waals surface area contributed by atoms with Gasteiger partial charge in [0, 0.05) is 50.2 Å². The fraction of sp³-hybridized carbons (Fsp3) is 0.250. The van der Waals surface area contributed by atoms with Crippen LogP contribution in [-0.4, -0.2) is 49.8 Å². The largest absolute Gasteiger partial charge is 0.497 e. The van der Waals surface area contributed by atoms with E-state index in [4.69, 9.17) is 4.74 Å². The Bertz CT molecular complexity index is 1130. The summed E-state index contributed by atoms with van der Waals surface area (Å²) in [7, 11) is 5.47. The molecule has 1 saturated heterocycles. The predicted octanol–water partition coefficient (Wildman–Crippen LogP) is 3.29. The first-order chi connectivity index (χ1) is 15.9. The lowest BCUT2D eigenvalue weighted by Gasteiger charge is -2.17. The molecule has 2 amide bonds. The van der Waals surface area contributed by atoms with Crippen LogP contribution in [0.15, 0.2) is 60.8 Å². The molecule has 4 rings (SSSR count). The van der Waals surface area contributed by atoms with Gasteiger partial charge in [0.05, 0.1) is 24.9 Å². The van der Waals surface area contributed by atoms with E-state index in [0.717, 1.165) is 22.8 Å². The number of nitrogens with one attached hydrogen (secondary N) is 2. The Kier molecular flexibility index (Phi) is 6.39. The zero-order chi connectivity index (χ0) is 23.4. The summed E-state index contributed by atoms with van der Waals surface area (Å²) in [4.78, 5) is 28.8. The van der Waals surface area contributed by atoms with Crippen molar-refractivity contribution in [3.63, 3.8) is 0 Å². The zero-order valence-corrected chi connectivity index (χ0v) is 18.8. The van der Waals surface area contributed by atoms with E-state index in [2.05, 4.69) is 20.8 Å². The highest BCUT2D eigenvalue weighted by molar-refractivity contribution is 6.03. The Morgan fingerprint density at radius 3 is 2.45 bits per heavy atom. The Morgan fingerprint density at radius 2 is 1.79 bits per heavy atom. The molecule has 1 unspecified atom stereocenters. The topological polar surface area (TPSA) is 99.7 Å². The van der Waals surface area contributed by atoms with Gasteiger partial charge in [-0.3, -0.25) is 9.59 Å². The summed E-state index contributed by atoms with van der Waals surface area (Å²) in [5, 5.41) is 14.2. The van der Waals surface area contributed by atoms with Crippen molar-refractivity contribution < 1.29 is 14.3 Å². The predicted molar refractivity (Wildman–Crippen MR) is 128 cm³/mol. The normalized spacial score (nSPS) is 15.3. The van der Waals surface area contributed by atoms with Gasteiger partial charge in [-0.05, 0) is 48.5 Å². The number of aromatic nitrogens is 2. The van der Waals surface area contributed by atoms with E-state index in [9.17, 15) is 9.59 Å². The molecule has 33 heavy (non-hydrogen) atoms. The Labute approximate surface area is 192 Å². The lowest BCUT2D eigenvalue weighted by Crippen LogP contribution is -2.28. The molecular weight excluding hydrogens is 420 g/mol. The number of methoxy groups -OCH3 is 1. The Hall–Kier alpha value is -4.14. The minimum Gasteiger partial charge on any atom is -0.497 e. The third-order valence-electron chi connectivity index (χ3n) is 5.46. The number of benzene rings is 2. The van der Waals surface area contributed by atoms with E-state index < -0.39 is 5.92 Å². The van der Waals surface area contributed by atoms with Crippen molar-refractivity contribution in [3.8, 4) is 5.75 Å². The van der Waals surface area contributed by atoms with Crippen LogP contribution in [0.2, 0.25) is 0 Å². The van der Waals surface area contributed by atoms with Gasteiger partial charge in [0.1, 0.15) is 5.75 Å². The molecule has 1 aromatic heterocycles. The Balaban J connectivity index is 1.35. The number of carbonyl (C=O) groups is 2. The number of amides is 2. The van der Waals surface area contributed by atoms with E-state index in [1.165, 1.54) is 0 Å². The molecule has 1 aliphatic heterocycles. The van der Waals surface area contributed by atoms with Gasteiger partial charge in [-0.1, -0.05) is 0 Å². The zero-order valence-electron chi connectivity index (χ0n) is 18.8. The van der Waals surface area contributed by atoms with Crippen molar-refractivity contribution >= 4 is 40.4 Å². The summed E-state index contributed by atoms with van der Waals surface area (Å²) in [5.74, 6) is 0.683. The first-order valence-corrected chi connectivity index (χ1v) is 10.6. The lowest BCUT2D eigenvalue weighted by atomic mass is 10.1. The van der Waals surface area contributed by atoms with Crippen molar-refractivity contribution in [1.29, 1.82) is 0 Å². The van der Waals surface area contributed by atoms with E-state index in [1.54, 1.807) is 30.3 Å². The van der Waals surface area contributed by atoms with E-state index in [-0.39, 0.29) is 18.2 Å². The van der Waals surface area contributed by atoms with Crippen molar-refractivity contribution in [2.75, 3.05) is 48.2 Å². The van der Waals surface area contributed by atoms with Crippen LogP contribution in [-0.2, 0) is 9.59 Å². The minimum absolute atomic E-state index is 0.0686. The summed E-state index contributed by atoms with van der Waals surface area (Å²) >= 11 is 0. The molecule has 3 aromatic rings. The van der Waals surface area contributed by atoms with Gasteiger partial charge in [-0.15, -0.1) is 5.10 Å². The van der Waals surface area contributed by atoms with Crippen molar-refractivity contribution in [2.24, 2.45) is 5.92 Å². The van der Waals surface area contributed by atoms with Crippen molar-refractivity contribution in [2.45, 2.75) is 6.42 Å². The maximum absolute atomic E-state index is 12.8. The average Bonchev–Trinajstić information content (AvgIpc) is 3.22. The highest BCUT2D eigenvalue weighted by atomic mass is 16.5. The van der Waals surface area contributed by atoms with Gasteiger partial charge >= 0.3 is 0 Å². The number of carbonyl (C=O) groups excluding carboxylic acids is 2. The number of hydrogen-bond acceptors (Lipinski definition) is 7. The second-order valence-corrected chi connectivity index (χ2v) is 7.99. The standard InChI is InChI=1S/C24H26N6O3/c1-29(2)20-13-22(28-25-14-20)26-17-4-6-18(7-5-17)27-24(32)16-12-23(31)30(15-16)19-8-10-21(33-3)11-9-19/h4-11,13-14,16H,12,15H2,1-3H3,(H,26,28)(H,27,32). The van der Waals surface area contributed by atoms with E-state index in [0.29, 0.717) is 18.1 Å². The van der Waals surface area contributed by atoms with Crippen LogP contribution in [0.1, 0.15) is 6.42 Å². The molecule has 2 N–H and O–H groups in total. The summed E-state index contributed by atoms with van der Waals surface area (Å²) in [6.45, 7) is 0.345. The number of ether oxygens (including phenoxy) is 1. The quantitative estimate of drug-likeness (QED) is 0.574. The van der Waals surface area contributed by atoms with Crippen LogP contribution in [0.4, 0.5) is 28.6 Å². The molecule has 9 nitrogen and oxygen atoms in total.